The first-order chi connectivity index (χ1) is 13.7. The Labute approximate surface area is 169 Å². The summed E-state index contributed by atoms with van der Waals surface area (Å²) in [6.07, 6.45) is 1.48. The van der Waals surface area contributed by atoms with Gasteiger partial charge in [-0.15, -0.1) is 6.58 Å². The minimum absolute atomic E-state index is 0.0643. The van der Waals surface area contributed by atoms with E-state index < -0.39 is 23.7 Å². The van der Waals surface area contributed by atoms with Crippen LogP contribution in [0.1, 0.15) is 49.4 Å². The Morgan fingerprint density at radius 1 is 1.28 bits per heavy atom. The van der Waals surface area contributed by atoms with Gasteiger partial charge in [0.15, 0.2) is 5.78 Å². The van der Waals surface area contributed by atoms with Gasteiger partial charge in [0.05, 0.1) is 18.7 Å². The van der Waals surface area contributed by atoms with Crippen molar-refractivity contribution in [3.8, 4) is 0 Å². The van der Waals surface area contributed by atoms with Gasteiger partial charge in [0, 0.05) is 24.8 Å². The molecule has 7 heteroatoms. The third kappa shape index (κ3) is 3.99. The molecule has 1 heterocycles. The fourth-order valence-corrected chi connectivity index (χ4v) is 3.42. The van der Waals surface area contributed by atoms with Crippen LogP contribution < -0.4 is 0 Å². The molecule has 154 valence electrons. The number of hydrogen-bond acceptors (Lipinski definition) is 4. The molecule has 6 nitrogen and oxygen atoms in total. The normalized spacial score (nSPS) is 11.7. The zero-order valence-corrected chi connectivity index (χ0v) is 17.3. The minimum atomic E-state index is -0.898. The van der Waals surface area contributed by atoms with Gasteiger partial charge in [-0.3, -0.25) is 9.59 Å². The Hall–Kier alpha value is -3.22. The second kappa shape index (κ2) is 8.86. The number of carbonyl (C=O) groups is 3. The number of hydrogen-bond donors (Lipinski definition) is 0. The molecule has 2 rings (SSSR count). The maximum atomic E-state index is 14.1. The van der Waals surface area contributed by atoms with Crippen LogP contribution in [-0.4, -0.2) is 46.8 Å². The molecule has 1 amide bonds. The second-order valence-electron chi connectivity index (χ2n) is 6.75. The molecule has 1 aromatic heterocycles. The number of halogens is 1. The molecular weight excluding hydrogens is 375 g/mol. The number of benzene rings is 1. The summed E-state index contributed by atoms with van der Waals surface area (Å²) in [6, 6.07) is 4.72. The molecule has 1 aromatic carbocycles. The predicted octanol–water partition coefficient (Wildman–Crippen LogP) is 3.47. The lowest BCUT2D eigenvalue weighted by Crippen LogP contribution is -2.44. The summed E-state index contributed by atoms with van der Waals surface area (Å²) in [4.78, 5) is 39.6. The van der Waals surface area contributed by atoms with Crippen LogP contribution in [0.3, 0.4) is 0 Å². The number of carbonyl (C=O) groups excluding carboxylic acids is 3. The summed E-state index contributed by atoms with van der Waals surface area (Å²) >= 11 is 0. The van der Waals surface area contributed by atoms with E-state index in [1.807, 2.05) is 0 Å². The van der Waals surface area contributed by atoms with E-state index in [4.69, 9.17) is 4.74 Å². The number of rotatable bonds is 7. The van der Waals surface area contributed by atoms with Gasteiger partial charge in [0.2, 0.25) is 0 Å². The second-order valence-corrected chi connectivity index (χ2v) is 6.75. The van der Waals surface area contributed by atoms with Crippen molar-refractivity contribution in [1.82, 2.24) is 9.47 Å². The highest BCUT2D eigenvalue weighted by Crippen LogP contribution is 2.25. The van der Waals surface area contributed by atoms with Gasteiger partial charge in [-0.05, 0) is 38.5 Å². The van der Waals surface area contributed by atoms with Crippen molar-refractivity contribution in [1.29, 1.82) is 0 Å². The smallest absolute Gasteiger partial charge is 0.354 e. The van der Waals surface area contributed by atoms with E-state index in [2.05, 4.69) is 6.58 Å². The molecule has 0 saturated heterocycles. The lowest BCUT2D eigenvalue weighted by molar-refractivity contribution is 0.0588. The van der Waals surface area contributed by atoms with Crippen LogP contribution in [0.2, 0.25) is 0 Å². The maximum Gasteiger partial charge on any atom is 0.354 e. The molecule has 0 aliphatic heterocycles. The molecular formula is C22H25FN2O4. The SMILES string of the molecule is C=CCN(C(=O)c1ccccc1F)[C@@H](C)C(=O)c1c(C)c(C(=O)OC)n(C)c1C. The van der Waals surface area contributed by atoms with Gasteiger partial charge in [0.1, 0.15) is 11.5 Å². The van der Waals surface area contributed by atoms with Crippen LogP contribution in [0.4, 0.5) is 4.39 Å². The van der Waals surface area contributed by atoms with E-state index in [0.29, 0.717) is 16.8 Å². The van der Waals surface area contributed by atoms with Crippen molar-refractivity contribution < 1.29 is 23.5 Å². The van der Waals surface area contributed by atoms with Crippen molar-refractivity contribution in [2.75, 3.05) is 13.7 Å². The van der Waals surface area contributed by atoms with Crippen LogP contribution in [0.15, 0.2) is 36.9 Å². The van der Waals surface area contributed by atoms with Gasteiger partial charge < -0.3 is 14.2 Å². The number of aromatic nitrogens is 1. The fraction of sp³-hybridized carbons (Fsp3) is 0.318. The lowest BCUT2D eigenvalue weighted by Gasteiger charge is -2.27. The Kier molecular flexibility index (Phi) is 6.74. The van der Waals surface area contributed by atoms with E-state index >= 15 is 0 Å². The largest absolute Gasteiger partial charge is 0.464 e. The van der Waals surface area contributed by atoms with Crippen LogP contribution in [-0.2, 0) is 11.8 Å². The van der Waals surface area contributed by atoms with E-state index in [9.17, 15) is 18.8 Å². The molecule has 0 bridgehead atoms. The summed E-state index contributed by atoms with van der Waals surface area (Å²) < 4.78 is 20.5. The average molecular weight is 400 g/mol. The third-order valence-corrected chi connectivity index (χ3v) is 5.09. The predicted molar refractivity (Wildman–Crippen MR) is 108 cm³/mol. The van der Waals surface area contributed by atoms with Crippen molar-refractivity contribution in [3.05, 3.63) is 70.8 Å². The first-order valence-corrected chi connectivity index (χ1v) is 9.12. The van der Waals surface area contributed by atoms with E-state index in [0.717, 1.165) is 0 Å². The Balaban J connectivity index is 2.48. The highest BCUT2D eigenvalue weighted by molar-refractivity contribution is 6.07. The number of ether oxygens (including phenoxy) is 1. The number of ketones is 1. The zero-order valence-electron chi connectivity index (χ0n) is 17.3. The molecule has 0 unspecified atom stereocenters. The number of amides is 1. The molecule has 0 N–H and O–H groups in total. The lowest BCUT2D eigenvalue weighted by atomic mass is 9.99. The molecule has 0 radical (unpaired) electrons. The van der Waals surface area contributed by atoms with Gasteiger partial charge in [0.25, 0.3) is 5.91 Å². The zero-order chi connectivity index (χ0) is 21.9. The highest BCUT2D eigenvalue weighted by Gasteiger charge is 2.32. The molecule has 0 aliphatic carbocycles. The van der Waals surface area contributed by atoms with Gasteiger partial charge in [-0.25, -0.2) is 9.18 Å². The standard InChI is InChI=1S/C22H25FN2O4/c1-7-12-25(21(27)16-10-8-9-11-17(16)23)15(4)20(26)18-13(2)19(22(28)29-6)24(5)14(18)3/h7-11,15H,1,12H2,2-6H3/t15-/m0/s1. The van der Waals surface area contributed by atoms with Crippen LogP contribution in [0.5, 0.6) is 0 Å². The summed E-state index contributed by atoms with van der Waals surface area (Å²) in [5.41, 5.74) is 1.56. The summed E-state index contributed by atoms with van der Waals surface area (Å²) in [5.74, 6) is -2.17. The molecule has 1 atom stereocenters. The molecule has 29 heavy (non-hydrogen) atoms. The number of methoxy groups -OCH3 is 1. The van der Waals surface area contributed by atoms with E-state index in [1.54, 1.807) is 38.5 Å². The maximum absolute atomic E-state index is 14.1. The average Bonchev–Trinajstić information content (AvgIpc) is 2.93. The van der Waals surface area contributed by atoms with Crippen molar-refractivity contribution in [2.24, 2.45) is 7.05 Å². The van der Waals surface area contributed by atoms with Gasteiger partial charge in [-0.1, -0.05) is 18.2 Å². The topological polar surface area (TPSA) is 68.6 Å². The summed E-state index contributed by atoms with van der Waals surface area (Å²) in [5, 5.41) is 0. The quantitative estimate of drug-likeness (QED) is 0.405. The monoisotopic (exact) mass is 400 g/mol. The summed E-state index contributed by atoms with van der Waals surface area (Å²) in [6.45, 7) is 8.66. The third-order valence-electron chi connectivity index (χ3n) is 5.09. The molecule has 0 aliphatic rings. The fourth-order valence-electron chi connectivity index (χ4n) is 3.42. The van der Waals surface area contributed by atoms with Gasteiger partial charge in [-0.2, -0.15) is 0 Å². The molecule has 0 spiro atoms. The number of esters is 1. The van der Waals surface area contributed by atoms with Crippen molar-refractivity contribution >= 4 is 17.7 Å². The van der Waals surface area contributed by atoms with Crippen LogP contribution in [0, 0.1) is 19.7 Å². The molecule has 0 saturated carbocycles. The Morgan fingerprint density at radius 3 is 2.45 bits per heavy atom. The van der Waals surface area contributed by atoms with Crippen molar-refractivity contribution in [3.63, 3.8) is 0 Å². The Morgan fingerprint density at radius 2 is 1.90 bits per heavy atom. The first kappa shape index (κ1) is 22.1. The van der Waals surface area contributed by atoms with Crippen LogP contribution in [0.25, 0.3) is 0 Å². The van der Waals surface area contributed by atoms with E-state index in [1.165, 1.54) is 36.3 Å². The summed E-state index contributed by atoms with van der Waals surface area (Å²) in [7, 11) is 2.94. The number of nitrogens with zero attached hydrogens (tertiary/aromatic N) is 2. The minimum Gasteiger partial charge on any atom is -0.464 e. The van der Waals surface area contributed by atoms with Crippen LogP contribution >= 0.6 is 0 Å². The number of Topliss-reactive ketones (excluding diaryl/α,β-unsaturated/α-hetero) is 1. The molecule has 2 aromatic rings. The van der Waals surface area contributed by atoms with Gasteiger partial charge >= 0.3 is 5.97 Å². The molecule has 0 fully saturated rings. The van der Waals surface area contributed by atoms with E-state index in [-0.39, 0.29) is 23.6 Å². The van der Waals surface area contributed by atoms with Crippen molar-refractivity contribution in [2.45, 2.75) is 26.8 Å². The highest BCUT2D eigenvalue weighted by atomic mass is 19.1. The first-order valence-electron chi connectivity index (χ1n) is 9.12. The Bertz CT molecular complexity index is 977.